The number of anilines is 1. The number of urea groups is 1. The van der Waals surface area contributed by atoms with Crippen molar-refractivity contribution >= 4 is 11.7 Å². The maximum atomic E-state index is 14.2. The predicted molar refractivity (Wildman–Crippen MR) is 93.6 cm³/mol. The largest absolute Gasteiger partial charge is 0.470 e. The van der Waals surface area contributed by atoms with Crippen LogP contribution in [0.1, 0.15) is 19.0 Å². The number of fused-ring (bicyclic) bond motifs is 1. The van der Waals surface area contributed by atoms with Gasteiger partial charge in [-0.3, -0.25) is 0 Å². The van der Waals surface area contributed by atoms with Gasteiger partial charge in [-0.25, -0.2) is 9.78 Å². The fraction of sp³-hybridized carbons (Fsp3) is 0.389. The number of nitrogens with zero attached hydrogens (tertiary/aromatic N) is 3. The Balaban J connectivity index is 1.36. The molecule has 0 spiro atoms. The summed E-state index contributed by atoms with van der Waals surface area (Å²) in [4.78, 5) is 21.8. The second-order valence-electron chi connectivity index (χ2n) is 6.27. The zero-order valence-electron chi connectivity index (χ0n) is 14.8. The zero-order chi connectivity index (χ0) is 18.8. The quantitative estimate of drug-likeness (QED) is 0.885. The molecule has 27 heavy (non-hydrogen) atoms. The summed E-state index contributed by atoms with van der Waals surface area (Å²) in [6, 6.07) is 4.96. The molecule has 1 aromatic carbocycles. The zero-order valence-corrected chi connectivity index (χ0v) is 14.8. The molecule has 3 heterocycles. The maximum absolute atomic E-state index is 14.2. The molecule has 0 radical (unpaired) electrons. The minimum Gasteiger partial charge on any atom is -0.470 e. The normalized spacial score (nSPS) is 17.9. The molecule has 1 atom stereocenters. The first kappa shape index (κ1) is 17.3. The van der Waals surface area contributed by atoms with Crippen molar-refractivity contribution in [1.82, 2.24) is 14.9 Å². The van der Waals surface area contributed by atoms with E-state index in [9.17, 15) is 9.18 Å². The van der Waals surface area contributed by atoms with Gasteiger partial charge in [0.1, 0.15) is 12.4 Å². The van der Waals surface area contributed by atoms with E-state index >= 15 is 0 Å². The Morgan fingerprint density at radius 1 is 1.37 bits per heavy atom. The smallest absolute Gasteiger partial charge is 0.321 e. The Morgan fingerprint density at radius 2 is 2.22 bits per heavy atom. The first-order valence-corrected chi connectivity index (χ1v) is 8.75. The number of benzene rings is 1. The fourth-order valence-corrected chi connectivity index (χ4v) is 3.06. The highest BCUT2D eigenvalue weighted by molar-refractivity contribution is 5.90. The number of aryl methyl sites for hydroxylation is 1. The third-order valence-electron chi connectivity index (χ3n) is 4.50. The lowest BCUT2D eigenvalue weighted by molar-refractivity contribution is 0.174. The number of aromatic nitrogens is 2. The summed E-state index contributed by atoms with van der Waals surface area (Å²) in [7, 11) is 0. The number of hydrogen-bond donors (Lipinski definition) is 1. The van der Waals surface area contributed by atoms with E-state index in [1.807, 2.05) is 6.92 Å². The van der Waals surface area contributed by atoms with E-state index in [-0.39, 0.29) is 24.8 Å². The Hall–Kier alpha value is -3.10. The topological polar surface area (TPSA) is 85.8 Å². The molecule has 0 saturated carbocycles. The van der Waals surface area contributed by atoms with Crippen LogP contribution in [0.4, 0.5) is 14.9 Å². The van der Waals surface area contributed by atoms with E-state index in [0.29, 0.717) is 48.8 Å². The van der Waals surface area contributed by atoms with Crippen molar-refractivity contribution in [1.29, 1.82) is 0 Å². The van der Waals surface area contributed by atoms with Crippen molar-refractivity contribution in [3.8, 4) is 17.4 Å². The van der Waals surface area contributed by atoms with Gasteiger partial charge in [0.05, 0.1) is 12.2 Å². The number of likely N-dealkylation sites (tertiary alicyclic amines) is 1. The van der Waals surface area contributed by atoms with Crippen molar-refractivity contribution in [3.63, 3.8) is 0 Å². The minimum absolute atomic E-state index is 0.0649. The molecule has 0 aliphatic carbocycles. The molecule has 8 nitrogen and oxygen atoms in total. The summed E-state index contributed by atoms with van der Waals surface area (Å²) in [6.07, 6.45) is 2.02. The summed E-state index contributed by atoms with van der Waals surface area (Å²) in [5, 5.41) is 2.82. The van der Waals surface area contributed by atoms with Gasteiger partial charge >= 0.3 is 6.03 Å². The molecular weight excluding hydrogens is 355 g/mol. The Morgan fingerprint density at radius 3 is 3.07 bits per heavy atom. The third kappa shape index (κ3) is 3.57. The number of carbonyl (C=O) groups excluding carboxylic acids is 1. The van der Waals surface area contributed by atoms with Crippen LogP contribution >= 0.6 is 0 Å². The van der Waals surface area contributed by atoms with Crippen LogP contribution in [0.25, 0.3) is 0 Å². The standard InChI is InChI=1S/C18H19FN4O4/c1-2-13-16(19)17(21-9-20-13)27-12-5-6-23(8-12)18(24)22-11-3-4-14-15(7-11)26-10-25-14/h3-4,7,9,12H,2,5-6,8,10H2,1H3,(H,22,24)/t12-/m1/s1. The van der Waals surface area contributed by atoms with E-state index in [1.54, 1.807) is 23.1 Å². The number of halogens is 1. The molecule has 2 aromatic rings. The van der Waals surface area contributed by atoms with Crippen LogP contribution in [-0.2, 0) is 6.42 Å². The van der Waals surface area contributed by atoms with Crippen molar-refractivity contribution in [2.24, 2.45) is 0 Å². The van der Waals surface area contributed by atoms with E-state index in [4.69, 9.17) is 14.2 Å². The van der Waals surface area contributed by atoms with Crippen LogP contribution in [0.5, 0.6) is 17.4 Å². The molecule has 2 amide bonds. The summed E-state index contributed by atoms with van der Waals surface area (Å²) in [6.45, 7) is 2.85. The average molecular weight is 374 g/mol. The molecule has 142 valence electrons. The molecule has 4 rings (SSSR count). The lowest BCUT2D eigenvalue weighted by Gasteiger charge is -2.18. The van der Waals surface area contributed by atoms with Crippen LogP contribution in [0.2, 0.25) is 0 Å². The van der Waals surface area contributed by atoms with Gasteiger partial charge in [-0.05, 0) is 18.6 Å². The van der Waals surface area contributed by atoms with Crippen molar-refractivity contribution < 1.29 is 23.4 Å². The van der Waals surface area contributed by atoms with E-state index < -0.39 is 5.82 Å². The molecule has 1 saturated heterocycles. The highest BCUT2D eigenvalue weighted by Gasteiger charge is 2.29. The van der Waals surface area contributed by atoms with Gasteiger partial charge < -0.3 is 24.4 Å². The maximum Gasteiger partial charge on any atom is 0.321 e. The van der Waals surface area contributed by atoms with Gasteiger partial charge in [-0.15, -0.1) is 0 Å². The molecule has 2 aliphatic rings. The van der Waals surface area contributed by atoms with E-state index in [2.05, 4.69) is 15.3 Å². The summed E-state index contributed by atoms with van der Waals surface area (Å²) >= 11 is 0. The summed E-state index contributed by atoms with van der Waals surface area (Å²) in [5.74, 6) is 0.649. The number of ether oxygens (including phenoxy) is 3. The highest BCUT2D eigenvalue weighted by Crippen LogP contribution is 2.34. The van der Waals surface area contributed by atoms with Gasteiger partial charge in [0, 0.05) is 24.7 Å². The van der Waals surface area contributed by atoms with Crippen molar-refractivity contribution in [3.05, 3.63) is 36.0 Å². The molecule has 1 fully saturated rings. The monoisotopic (exact) mass is 374 g/mol. The number of nitrogens with one attached hydrogen (secondary N) is 1. The number of rotatable bonds is 4. The van der Waals surface area contributed by atoms with Gasteiger partial charge in [0.2, 0.25) is 12.6 Å². The molecule has 0 unspecified atom stereocenters. The molecule has 9 heteroatoms. The lowest BCUT2D eigenvalue weighted by Crippen LogP contribution is -2.34. The SMILES string of the molecule is CCc1ncnc(O[C@@H]2CCN(C(=O)Nc3ccc4c(c3)OCO4)C2)c1F. The number of carbonyl (C=O) groups is 1. The van der Waals surface area contributed by atoms with Gasteiger partial charge in [0.15, 0.2) is 11.5 Å². The third-order valence-corrected chi connectivity index (χ3v) is 4.50. The molecular formula is C18H19FN4O4. The fourth-order valence-electron chi connectivity index (χ4n) is 3.06. The number of hydrogen-bond acceptors (Lipinski definition) is 6. The Kier molecular flexibility index (Phi) is 4.66. The van der Waals surface area contributed by atoms with Crippen LogP contribution in [-0.4, -0.2) is 46.9 Å². The summed E-state index contributed by atoms with van der Waals surface area (Å²) < 4.78 is 30.4. The molecule has 2 aliphatic heterocycles. The van der Waals surface area contributed by atoms with E-state index in [1.165, 1.54) is 6.33 Å². The second-order valence-corrected chi connectivity index (χ2v) is 6.27. The first-order valence-electron chi connectivity index (χ1n) is 8.75. The van der Waals surface area contributed by atoms with Crippen LogP contribution in [0.3, 0.4) is 0 Å². The van der Waals surface area contributed by atoms with Crippen molar-refractivity contribution in [2.75, 3.05) is 25.2 Å². The van der Waals surface area contributed by atoms with Gasteiger partial charge in [0.25, 0.3) is 5.88 Å². The first-order chi connectivity index (χ1) is 13.1. The van der Waals surface area contributed by atoms with Crippen molar-refractivity contribution in [2.45, 2.75) is 25.9 Å². The minimum atomic E-state index is -0.539. The van der Waals surface area contributed by atoms with Gasteiger partial charge in [-0.2, -0.15) is 9.37 Å². The Bertz CT molecular complexity index is 863. The Labute approximate surface area is 155 Å². The van der Waals surface area contributed by atoms with E-state index in [0.717, 1.165) is 0 Å². The van der Waals surface area contributed by atoms with Crippen LogP contribution in [0, 0.1) is 5.82 Å². The second kappa shape index (κ2) is 7.26. The highest BCUT2D eigenvalue weighted by atomic mass is 19.1. The lowest BCUT2D eigenvalue weighted by atomic mass is 10.3. The summed E-state index contributed by atoms with van der Waals surface area (Å²) in [5.41, 5.74) is 0.929. The van der Waals surface area contributed by atoms with Gasteiger partial charge in [-0.1, -0.05) is 6.92 Å². The average Bonchev–Trinajstić information content (AvgIpc) is 3.32. The molecule has 1 aromatic heterocycles. The van der Waals surface area contributed by atoms with Crippen LogP contribution in [0.15, 0.2) is 24.5 Å². The molecule has 0 bridgehead atoms. The number of amides is 2. The van der Waals surface area contributed by atoms with Crippen LogP contribution < -0.4 is 19.5 Å². The molecule has 1 N–H and O–H groups in total. The predicted octanol–water partition coefficient (Wildman–Crippen LogP) is 2.59.